The standard InChI is InChI=1S/C13H11BrN4O3/c1-15-12-11(6-8(14)7-16-12)13(19)17-9-2-4-10(5-3-9)18(20)21/h2-7H,1H3,(H,15,16)(H,17,19). The first-order chi connectivity index (χ1) is 10.0. The maximum absolute atomic E-state index is 12.2. The Bertz CT molecular complexity index is 688. The van der Waals surface area contributed by atoms with Crippen LogP contribution in [0.3, 0.4) is 0 Å². The lowest BCUT2D eigenvalue weighted by Gasteiger charge is -2.09. The van der Waals surface area contributed by atoms with Crippen molar-refractivity contribution in [2.75, 3.05) is 17.7 Å². The minimum absolute atomic E-state index is 0.0342. The van der Waals surface area contributed by atoms with Crippen LogP contribution in [0.2, 0.25) is 0 Å². The van der Waals surface area contributed by atoms with Crippen LogP contribution in [0.1, 0.15) is 10.4 Å². The minimum Gasteiger partial charge on any atom is -0.372 e. The van der Waals surface area contributed by atoms with Crippen LogP contribution < -0.4 is 10.6 Å². The number of non-ortho nitro benzene ring substituents is 1. The van der Waals surface area contributed by atoms with Gasteiger partial charge in [-0.15, -0.1) is 0 Å². The van der Waals surface area contributed by atoms with Crippen molar-refractivity contribution in [3.05, 3.63) is 56.7 Å². The van der Waals surface area contributed by atoms with Crippen molar-refractivity contribution >= 4 is 39.0 Å². The molecule has 1 amide bonds. The van der Waals surface area contributed by atoms with Gasteiger partial charge in [0.1, 0.15) is 5.82 Å². The van der Waals surface area contributed by atoms with Gasteiger partial charge < -0.3 is 10.6 Å². The van der Waals surface area contributed by atoms with Crippen molar-refractivity contribution in [1.29, 1.82) is 0 Å². The quantitative estimate of drug-likeness (QED) is 0.652. The Morgan fingerprint density at radius 3 is 2.57 bits per heavy atom. The molecule has 108 valence electrons. The van der Waals surface area contributed by atoms with Crippen molar-refractivity contribution in [3.8, 4) is 0 Å². The highest BCUT2D eigenvalue weighted by atomic mass is 79.9. The molecule has 0 bridgehead atoms. The molecule has 1 aromatic heterocycles. The highest BCUT2D eigenvalue weighted by Crippen LogP contribution is 2.20. The van der Waals surface area contributed by atoms with Gasteiger partial charge in [-0.3, -0.25) is 14.9 Å². The Morgan fingerprint density at radius 2 is 2.00 bits per heavy atom. The van der Waals surface area contributed by atoms with Gasteiger partial charge >= 0.3 is 0 Å². The Kier molecular flexibility index (Phi) is 4.49. The van der Waals surface area contributed by atoms with Crippen LogP contribution in [-0.2, 0) is 0 Å². The predicted molar refractivity (Wildman–Crippen MR) is 82.5 cm³/mol. The van der Waals surface area contributed by atoms with E-state index in [1.165, 1.54) is 24.3 Å². The molecule has 1 heterocycles. The number of aromatic nitrogens is 1. The number of amides is 1. The van der Waals surface area contributed by atoms with E-state index in [0.29, 0.717) is 21.5 Å². The van der Waals surface area contributed by atoms with Crippen LogP contribution in [0.5, 0.6) is 0 Å². The van der Waals surface area contributed by atoms with E-state index in [9.17, 15) is 14.9 Å². The van der Waals surface area contributed by atoms with E-state index < -0.39 is 4.92 Å². The second-order valence-corrected chi connectivity index (χ2v) is 4.97. The first-order valence-corrected chi connectivity index (χ1v) is 6.69. The summed E-state index contributed by atoms with van der Waals surface area (Å²) in [5, 5.41) is 16.1. The van der Waals surface area contributed by atoms with Gasteiger partial charge in [-0.25, -0.2) is 4.98 Å². The molecule has 0 radical (unpaired) electrons. The lowest BCUT2D eigenvalue weighted by Crippen LogP contribution is -2.14. The van der Waals surface area contributed by atoms with Crippen LogP contribution in [0, 0.1) is 10.1 Å². The zero-order valence-electron chi connectivity index (χ0n) is 11.0. The normalized spacial score (nSPS) is 10.0. The molecule has 21 heavy (non-hydrogen) atoms. The minimum atomic E-state index is -0.497. The molecule has 0 aliphatic carbocycles. The molecule has 0 aliphatic heterocycles. The Morgan fingerprint density at radius 1 is 1.33 bits per heavy atom. The predicted octanol–water partition coefficient (Wildman–Crippen LogP) is 3.05. The average Bonchev–Trinajstić information content (AvgIpc) is 2.47. The van der Waals surface area contributed by atoms with Crippen LogP contribution in [0.25, 0.3) is 0 Å². The molecule has 0 aliphatic rings. The summed E-state index contributed by atoms with van der Waals surface area (Å²) < 4.78 is 0.676. The number of carbonyl (C=O) groups excluding carboxylic acids is 1. The first-order valence-electron chi connectivity index (χ1n) is 5.90. The van der Waals surface area contributed by atoms with E-state index in [1.807, 2.05) is 0 Å². The van der Waals surface area contributed by atoms with Crippen molar-refractivity contribution in [2.45, 2.75) is 0 Å². The molecule has 0 fully saturated rings. The summed E-state index contributed by atoms with van der Waals surface area (Å²) >= 11 is 3.26. The maximum Gasteiger partial charge on any atom is 0.269 e. The first kappa shape index (κ1) is 14.9. The monoisotopic (exact) mass is 350 g/mol. The van der Waals surface area contributed by atoms with E-state index in [-0.39, 0.29) is 11.6 Å². The van der Waals surface area contributed by atoms with Crippen LogP contribution in [0.4, 0.5) is 17.2 Å². The second kappa shape index (κ2) is 6.31. The summed E-state index contributed by atoms with van der Waals surface area (Å²) in [4.78, 5) is 26.4. The number of nitrogens with one attached hydrogen (secondary N) is 2. The second-order valence-electron chi connectivity index (χ2n) is 4.06. The van der Waals surface area contributed by atoms with Crippen molar-refractivity contribution in [1.82, 2.24) is 4.98 Å². The zero-order valence-corrected chi connectivity index (χ0v) is 12.5. The summed E-state index contributed by atoms with van der Waals surface area (Å²) in [6.45, 7) is 0. The number of nitro groups is 1. The maximum atomic E-state index is 12.2. The molecule has 2 N–H and O–H groups in total. The number of nitro benzene ring substituents is 1. The molecular formula is C13H11BrN4O3. The van der Waals surface area contributed by atoms with Crippen molar-refractivity contribution in [2.24, 2.45) is 0 Å². The number of benzene rings is 1. The smallest absolute Gasteiger partial charge is 0.269 e. The largest absolute Gasteiger partial charge is 0.372 e. The molecular weight excluding hydrogens is 340 g/mol. The third-order valence-electron chi connectivity index (χ3n) is 2.67. The van der Waals surface area contributed by atoms with Crippen molar-refractivity contribution in [3.63, 3.8) is 0 Å². The fourth-order valence-electron chi connectivity index (χ4n) is 1.68. The number of anilines is 2. The van der Waals surface area contributed by atoms with Gasteiger partial charge in [0, 0.05) is 35.5 Å². The molecule has 1 aromatic carbocycles. The fraction of sp³-hybridized carbons (Fsp3) is 0.0769. The highest BCUT2D eigenvalue weighted by molar-refractivity contribution is 9.10. The Hall–Kier alpha value is -2.48. The SMILES string of the molecule is CNc1ncc(Br)cc1C(=O)Nc1ccc([N+](=O)[O-])cc1. The molecule has 2 aromatic rings. The molecule has 0 saturated heterocycles. The van der Waals surface area contributed by atoms with Crippen molar-refractivity contribution < 1.29 is 9.72 Å². The number of hydrogen-bond donors (Lipinski definition) is 2. The van der Waals surface area contributed by atoms with Crippen LogP contribution >= 0.6 is 15.9 Å². The van der Waals surface area contributed by atoms with E-state index in [0.717, 1.165) is 0 Å². The lowest BCUT2D eigenvalue weighted by molar-refractivity contribution is -0.384. The number of hydrogen-bond acceptors (Lipinski definition) is 5. The van der Waals surface area contributed by atoms with Gasteiger partial charge in [0.2, 0.25) is 0 Å². The summed E-state index contributed by atoms with van der Waals surface area (Å²) in [7, 11) is 1.67. The van der Waals surface area contributed by atoms with Crippen LogP contribution in [0.15, 0.2) is 41.0 Å². The molecule has 0 spiro atoms. The number of pyridine rings is 1. The third kappa shape index (κ3) is 3.54. The van der Waals surface area contributed by atoms with Gasteiger partial charge in [0.05, 0.1) is 10.5 Å². The zero-order chi connectivity index (χ0) is 15.4. The van der Waals surface area contributed by atoms with Gasteiger partial charge in [0.25, 0.3) is 11.6 Å². The molecule has 0 atom stereocenters. The van der Waals surface area contributed by atoms with E-state index in [1.54, 1.807) is 19.3 Å². The van der Waals surface area contributed by atoms with E-state index in [4.69, 9.17) is 0 Å². The Labute approximate surface area is 128 Å². The van der Waals surface area contributed by atoms with Gasteiger partial charge in [0.15, 0.2) is 0 Å². The number of halogens is 1. The van der Waals surface area contributed by atoms with Gasteiger partial charge in [-0.1, -0.05) is 0 Å². The Balaban J connectivity index is 2.21. The van der Waals surface area contributed by atoms with Gasteiger partial charge in [-0.2, -0.15) is 0 Å². The van der Waals surface area contributed by atoms with Gasteiger partial charge in [-0.05, 0) is 34.1 Å². The summed E-state index contributed by atoms with van der Waals surface area (Å²) in [6, 6.07) is 7.24. The summed E-state index contributed by atoms with van der Waals surface area (Å²) in [6.07, 6.45) is 1.58. The fourth-order valence-corrected chi connectivity index (χ4v) is 2.01. The molecule has 8 heteroatoms. The van der Waals surface area contributed by atoms with E-state index >= 15 is 0 Å². The number of rotatable bonds is 4. The average molecular weight is 351 g/mol. The summed E-state index contributed by atoms with van der Waals surface area (Å²) in [5.41, 5.74) is 0.797. The molecule has 0 unspecified atom stereocenters. The number of nitrogens with zero attached hydrogens (tertiary/aromatic N) is 2. The molecule has 7 nitrogen and oxygen atoms in total. The topological polar surface area (TPSA) is 97.2 Å². The third-order valence-corrected chi connectivity index (χ3v) is 3.11. The summed E-state index contributed by atoms with van der Waals surface area (Å²) in [5.74, 6) is 0.0830. The number of carbonyl (C=O) groups is 1. The van der Waals surface area contributed by atoms with Crippen LogP contribution in [-0.4, -0.2) is 22.9 Å². The van der Waals surface area contributed by atoms with E-state index in [2.05, 4.69) is 31.5 Å². The highest BCUT2D eigenvalue weighted by Gasteiger charge is 2.13. The lowest BCUT2D eigenvalue weighted by atomic mass is 10.2. The molecule has 2 rings (SSSR count). The molecule has 0 saturated carbocycles.